The molecule has 0 bridgehead atoms. The molecule has 2 N–H and O–H groups in total. The van der Waals surface area contributed by atoms with Gasteiger partial charge in [-0.05, 0) is 30.2 Å². The zero-order valence-corrected chi connectivity index (χ0v) is 11.4. The van der Waals surface area contributed by atoms with Crippen molar-refractivity contribution in [2.24, 2.45) is 5.92 Å². The molecule has 0 spiro atoms. The van der Waals surface area contributed by atoms with Gasteiger partial charge in [0.05, 0.1) is 12.6 Å². The summed E-state index contributed by atoms with van der Waals surface area (Å²) in [5, 5.41) is 19.4. The second kappa shape index (κ2) is 6.29. The van der Waals surface area contributed by atoms with Crippen LogP contribution in [-0.2, 0) is 0 Å². The zero-order valence-electron chi connectivity index (χ0n) is 11.4. The van der Waals surface area contributed by atoms with Gasteiger partial charge < -0.3 is 14.8 Å². The average Bonchev–Trinajstić information content (AvgIpc) is 2.98. The molecule has 1 aromatic heterocycles. The van der Waals surface area contributed by atoms with E-state index < -0.39 is 0 Å². The van der Waals surface area contributed by atoms with Crippen LogP contribution >= 0.6 is 0 Å². The van der Waals surface area contributed by atoms with Crippen molar-refractivity contribution in [3.05, 3.63) is 36.2 Å². The van der Waals surface area contributed by atoms with Gasteiger partial charge in [0.2, 0.25) is 12.3 Å². The third-order valence-electron chi connectivity index (χ3n) is 3.07. The van der Waals surface area contributed by atoms with Gasteiger partial charge in [0.25, 0.3) is 5.91 Å². The van der Waals surface area contributed by atoms with E-state index in [1.807, 2.05) is 13.8 Å². The largest absolute Gasteiger partial charge is 0.423 e. The summed E-state index contributed by atoms with van der Waals surface area (Å²) in [6, 6.07) is 6.60. The van der Waals surface area contributed by atoms with Crippen molar-refractivity contribution >= 4 is 5.91 Å². The summed E-state index contributed by atoms with van der Waals surface area (Å²) < 4.78 is 5.08. The normalized spacial score (nSPS) is 12.4. The number of aliphatic hydroxyl groups is 1. The number of benzene rings is 1. The summed E-state index contributed by atoms with van der Waals surface area (Å²) in [6.45, 7) is 3.81. The number of aromatic nitrogens is 2. The topological polar surface area (TPSA) is 88.2 Å². The second-order valence-electron chi connectivity index (χ2n) is 4.83. The molecule has 2 aromatic rings. The number of carbonyl (C=O) groups excluding carboxylic acids is 1. The highest BCUT2D eigenvalue weighted by Gasteiger charge is 2.16. The first-order valence-corrected chi connectivity index (χ1v) is 6.40. The lowest BCUT2D eigenvalue weighted by Gasteiger charge is -2.19. The second-order valence-corrected chi connectivity index (χ2v) is 4.83. The highest BCUT2D eigenvalue weighted by molar-refractivity contribution is 5.94. The molecule has 1 heterocycles. The fraction of sp³-hybridized carbons (Fsp3) is 0.357. The first-order chi connectivity index (χ1) is 9.61. The van der Waals surface area contributed by atoms with Crippen LogP contribution in [0, 0.1) is 5.92 Å². The summed E-state index contributed by atoms with van der Waals surface area (Å²) in [4.78, 5) is 12.0. The predicted molar refractivity (Wildman–Crippen MR) is 72.9 cm³/mol. The van der Waals surface area contributed by atoms with E-state index in [1.165, 1.54) is 6.39 Å². The van der Waals surface area contributed by atoms with Crippen LogP contribution in [-0.4, -0.2) is 33.9 Å². The van der Waals surface area contributed by atoms with Gasteiger partial charge in [-0.3, -0.25) is 4.79 Å². The standard InChI is InChI=1S/C14H17N3O3/c1-9(2)12(7-18)16-13(19)10-3-5-11(6-4-10)14-17-15-8-20-14/h3-6,8-9,12,18H,7H2,1-2H3,(H,16,19)/t12-/m1/s1. The van der Waals surface area contributed by atoms with Crippen LogP contribution in [0.15, 0.2) is 35.1 Å². The Hall–Kier alpha value is -2.21. The third kappa shape index (κ3) is 3.21. The third-order valence-corrected chi connectivity index (χ3v) is 3.07. The van der Waals surface area contributed by atoms with Gasteiger partial charge in [-0.1, -0.05) is 13.8 Å². The quantitative estimate of drug-likeness (QED) is 0.863. The Morgan fingerprint density at radius 3 is 2.55 bits per heavy atom. The van der Waals surface area contributed by atoms with Gasteiger partial charge in [0.1, 0.15) is 0 Å². The summed E-state index contributed by atoms with van der Waals surface area (Å²) in [6.07, 6.45) is 1.25. The van der Waals surface area contributed by atoms with Gasteiger partial charge in [-0.15, -0.1) is 10.2 Å². The van der Waals surface area contributed by atoms with E-state index in [2.05, 4.69) is 15.5 Å². The molecule has 6 nitrogen and oxygen atoms in total. The SMILES string of the molecule is CC(C)[C@@H](CO)NC(=O)c1ccc(-c2nnco2)cc1. The molecule has 0 saturated heterocycles. The summed E-state index contributed by atoms with van der Waals surface area (Å²) in [5.74, 6) is 0.365. The maximum absolute atomic E-state index is 12.0. The van der Waals surface area contributed by atoms with Crippen molar-refractivity contribution < 1.29 is 14.3 Å². The van der Waals surface area contributed by atoms with Crippen molar-refractivity contribution in [2.45, 2.75) is 19.9 Å². The number of rotatable bonds is 5. The van der Waals surface area contributed by atoms with Crippen molar-refractivity contribution in [3.63, 3.8) is 0 Å². The maximum atomic E-state index is 12.0. The number of hydrogen-bond acceptors (Lipinski definition) is 5. The summed E-state index contributed by atoms with van der Waals surface area (Å²) >= 11 is 0. The summed E-state index contributed by atoms with van der Waals surface area (Å²) in [5.41, 5.74) is 1.27. The molecule has 0 radical (unpaired) electrons. The Labute approximate surface area is 116 Å². The molecule has 106 valence electrons. The summed E-state index contributed by atoms with van der Waals surface area (Å²) in [7, 11) is 0. The molecule has 0 unspecified atom stereocenters. The smallest absolute Gasteiger partial charge is 0.251 e. The average molecular weight is 275 g/mol. The van der Waals surface area contributed by atoms with E-state index in [0.29, 0.717) is 11.5 Å². The Bertz CT molecular complexity index is 550. The van der Waals surface area contributed by atoms with Crippen molar-refractivity contribution in [2.75, 3.05) is 6.61 Å². The highest BCUT2D eigenvalue weighted by atomic mass is 16.4. The fourth-order valence-corrected chi connectivity index (χ4v) is 1.74. The van der Waals surface area contributed by atoms with Crippen LogP contribution in [0.4, 0.5) is 0 Å². The molecule has 1 aromatic carbocycles. The monoisotopic (exact) mass is 275 g/mol. The number of aliphatic hydroxyl groups excluding tert-OH is 1. The predicted octanol–water partition coefficient (Wildman–Crippen LogP) is 1.48. The number of amides is 1. The number of carbonyl (C=O) groups is 1. The Balaban J connectivity index is 2.08. The van der Waals surface area contributed by atoms with Crippen LogP contribution in [0.1, 0.15) is 24.2 Å². The minimum atomic E-state index is -0.252. The molecule has 0 aliphatic rings. The molecule has 6 heteroatoms. The van der Waals surface area contributed by atoms with E-state index in [0.717, 1.165) is 5.56 Å². The minimum Gasteiger partial charge on any atom is -0.423 e. The van der Waals surface area contributed by atoms with Crippen LogP contribution in [0.3, 0.4) is 0 Å². The Morgan fingerprint density at radius 1 is 1.35 bits per heavy atom. The number of hydrogen-bond donors (Lipinski definition) is 2. The Kier molecular flexibility index (Phi) is 4.47. The lowest BCUT2D eigenvalue weighted by Crippen LogP contribution is -2.41. The molecule has 20 heavy (non-hydrogen) atoms. The lowest BCUT2D eigenvalue weighted by atomic mass is 10.0. The van der Waals surface area contributed by atoms with E-state index in [4.69, 9.17) is 4.42 Å². The van der Waals surface area contributed by atoms with Crippen LogP contribution in [0.2, 0.25) is 0 Å². The van der Waals surface area contributed by atoms with E-state index in [-0.39, 0.29) is 24.5 Å². The molecule has 0 aliphatic carbocycles. The fourth-order valence-electron chi connectivity index (χ4n) is 1.74. The van der Waals surface area contributed by atoms with Gasteiger partial charge in [0.15, 0.2) is 0 Å². The van der Waals surface area contributed by atoms with Crippen LogP contribution in [0.5, 0.6) is 0 Å². The van der Waals surface area contributed by atoms with Gasteiger partial charge in [0, 0.05) is 11.1 Å². The molecular weight excluding hydrogens is 258 g/mol. The molecule has 0 saturated carbocycles. The lowest BCUT2D eigenvalue weighted by molar-refractivity contribution is 0.0897. The molecule has 0 aliphatic heterocycles. The van der Waals surface area contributed by atoms with Crippen molar-refractivity contribution in [3.8, 4) is 11.5 Å². The first-order valence-electron chi connectivity index (χ1n) is 6.40. The molecule has 0 fully saturated rings. The zero-order chi connectivity index (χ0) is 14.5. The maximum Gasteiger partial charge on any atom is 0.251 e. The van der Waals surface area contributed by atoms with Crippen LogP contribution in [0.25, 0.3) is 11.5 Å². The molecule has 1 amide bonds. The van der Waals surface area contributed by atoms with Crippen LogP contribution < -0.4 is 5.32 Å². The van der Waals surface area contributed by atoms with Gasteiger partial charge in [-0.25, -0.2) is 0 Å². The molecular formula is C14H17N3O3. The van der Waals surface area contributed by atoms with E-state index in [1.54, 1.807) is 24.3 Å². The first kappa shape index (κ1) is 14.2. The molecule has 2 rings (SSSR count). The van der Waals surface area contributed by atoms with Crippen molar-refractivity contribution in [1.82, 2.24) is 15.5 Å². The van der Waals surface area contributed by atoms with Gasteiger partial charge >= 0.3 is 0 Å². The minimum absolute atomic E-state index is 0.0799. The van der Waals surface area contributed by atoms with Crippen molar-refractivity contribution in [1.29, 1.82) is 0 Å². The van der Waals surface area contributed by atoms with E-state index >= 15 is 0 Å². The highest BCUT2D eigenvalue weighted by Crippen LogP contribution is 2.16. The number of nitrogens with one attached hydrogen (secondary N) is 1. The molecule has 1 atom stereocenters. The Morgan fingerprint density at radius 2 is 2.05 bits per heavy atom. The number of nitrogens with zero attached hydrogens (tertiary/aromatic N) is 2. The van der Waals surface area contributed by atoms with E-state index in [9.17, 15) is 9.90 Å². The van der Waals surface area contributed by atoms with Gasteiger partial charge in [-0.2, -0.15) is 0 Å².